The number of rotatable bonds is 4. The van der Waals surface area contributed by atoms with Crippen molar-refractivity contribution < 1.29 is 9.53 Å². The maximum atomic E-state index is 11.8. The fourth-order valence-corrected chi connectivity index (χ4v) is 1.88. The van der Waals surface area contributed by atoms with E-state index in [0.717, 1.165) is 10.9 Å². The third-order valence-electron chi connectivity index (χ3n) is 2.85. The summed E-state index contributed by atoms with van der Waals surface area (Å²) in [6.07, 6.45) is 1.46. The average molecular weight is 273 g/mol. The third kappa shape index (κ3) is 2.92. The summed E-state index contributed by atoms with van der Waals surface area (Å²) in [5.74, 6) is -0.350. The minimum absolute atomic E-state index is 0.0609. The van der Waals surface area contributed by atoms with Gasteiger partial charge in [-0.1, -0.05) is 18.2 Å². The van der Waals surface area contributed by atoms with Gasteiger partial charge in [0.05, 0.1) is 11.7 Å². The van der Waals surface area contributed by atoms with Gasteiger partial charge in [0.15, 0.2) is 0 Å². The smallest absolute Gasteiger partial charge is 0.266 e. The number of hydrogen-bond donors (Lipinski definition) is 1. The minimum atomic E-state index is -0.350. The van der Waals surface area contributed by atoms with Crippen LogP contribution in [0.3, 0.4) is 0 Å². The lowest BCUT2D eigenvalue weighted by atomic mass is 10.1. The van der Waals surface area contributed by atoms with Crippen molar-refractivity contribution >= 4 is 23.0 Å². The zero-order chi connectivity index (χ0) is 14.5. The number of pyridine rings is 1. The maximum absolute atomic E-state index is 11.8. The van der Waals surface area contributed by atoms with Crippen LogP contribution in [-0.4, -0.2) is 30.4 Å². The van der Waals surface area contributed by atoms with Gasteiger partial charge in [0.1, 0.15) is 6.61 Å². The molecular formula is C14H15N3O3. The van der Waals surface area contributed by atoms with Gasteiger partial charge in [0.25, 0.3) is 11.5 Å². The average Bonchev–Trinajstić information content (AvgIpc) is 2.44. The largest absolute Gasteiger partial charge is 0.375 e. The van der Waals surface area contributed by atoms with Crippen molar-refractivity contribution in [1.82, 2.24) is 9.99 Å². The van der Waals surface area contributed by atoms with Crippen LogP contribution in [-0.2, 0) is 16.6 Å². The van der Waals surface area contributed by atoms with Crippen LogP contribution < -0.4 is 11.0 Å². The molecule has 0 atom stereocenters. The molecule has 1 heterocycles. The molecule has 0 aliphatic heterocycles. The molecule has 0 saturated carbocycles. The first kappa shape index (κ1) is 14.0. The Kier molecular flexibility index (Phi) is 4.27. The summed E-state index contributed by atoms with van der Waals surface area (Å²) in [7, 11) is 3.14. The molecule has 0 spiro atoms. The summed E-state index contributed by atoms with van der Waals surface area (Å²) in [6, 6.07) is 8.98. The predicted molar refractivity (Wildman–Crippen MR) is 76.8 cm³/mol. The van der Waals surface area contributed by atoms with E-state index in [-0.39, 0.29) is 18.1 Å². The zero-order valence-electron chi connectivity index (χ0n) is 11.3. The lowest BCUT2D eigenvalue weighted by Crippen LogP contribution is -2.22. The molecule has 104 valence electrons. The van der Waals surface area contributed by atoms with Crippen molar-refractivity contribution in [2.45, 2.75) is 0 Å². The second kappa shape index (κ2) is 6.12. The van der Waals surface area contributed by atoms with Crippen molar-refractivity contribution in [3.63, 3.8) is 0 Å². The third-order valence-corrected chi connectivity index (χ3v) is 2.85. The van der Waals surface area contributed by atoms with Gasteiger partial charge in [-0.25, -0.2) is 5.43 Å². The molecule has 0 radical (unpaired) electrons. The van der Waals surface area contributed by atoms with Crippen LogP contribution in [0.1, 0.15) is 5.56 Å². The number of fused-ring (bicyclic) bond motifs is 1. The number of hydrogen-bond acceptors (Lipinski definition) is 4. The highest BCUT2D eigenvalue weighted by atomic mass is 16.5. The van der Waals surface area contributed by atoms with E-state index >= 15 is 0 Å². The molecule has 6 heteroatoms. The van der Waals surface area contributed by atoms with Crippen molar-refractivity contribution in [2.24, 2.45) is 12.1 Å². The van der Waals surface area contributed by atoms with Crippen LogP contribution in [0.15, 0.2) is 40.2 Å². The van der Waals surface area contributed by atoms with Gasteiger partial charge in [-0.05, 0) is 6.07 Å². The molecule has 1 aromatic carbocycles. The highest BCUT2D eigenvalue weighted by molar-refractivity contribution is 5.98. The summed E-state index contributed by atoms with van der Waals surface area (Å²) in [6.45, 7) is -0.0609. The van der Waals surface area contributed by atoms with E-state index in [1.54, 1.807) is 11.6 Å². The summed E-state index contributed by atoms with van der Waals surface area (Å²) in [4.78, 5) is 23.0. The normalized spacial score (nSPS) is 11.1. The topological polar surface area (TPSA) is 72.7 Å². The summed E-state index contributed by atoms with van der Waals surface area (Å²) in [5, 5.41) is 4.72. The number of hydrazone groups is 1. The van der Waals surface area contributed by atoms with E-state index in [9.17, 15) is 9.59 Å². The fourth-order valence-electron chi connectivity index (χ4n) is 1.88. The Bertz CT molecular complexity index is 719. The van der Waals surface area contributed by atoms with Crippen LogP contribution in [0.5, 0.6) is 0 Å². The molecule has 0 fully saturated rings. The second-order valence-corrected chi connectivity index (χ2v) is 4.24. The number of aromatic nitrogens is 1. The van der Waals surface area contributed by atoms with Crippen LogP contribution in [0, 0.1) is 0 Å². The number of methoxy groups -OCH3 is 1. The van der Waals surface area contributed by atoms with Crippen molar-refractivity contribution in [3.05, 3.63) is 46.2 Å². The molecule has 0 unspecified atom stereocenters. The summed E-state index contributed by atoms with van der Waals surface area (Å²) < 4.78 is 6.24. The molecule has 1 N–H and O–H groups in total. The van der Waals surface area contributed by atoms with Gasteiger partial charge in [-0.3, -0.25) is 9.59 Å². The fraction of sp³-hybridized carbons (Fsp3) is 0.214. The molecular weight excluding hydrogens is 258 g/mol. The lowest BCUT2D eigenvalue weighted by Gasteiger charge is -2.06. The number of carbonyl (C=O) groups is 1. The molecule has 0 saturated heterocycles. The van der Waals surface area contributed by atoms with E-state index in [2.05, 4.69) is 15.3 Å². The predicted octanol–water partition coefficient (Wildman–Crippen LogP) is 0.635. The zero-order valence-corrected chi connectivity index (χ0v) is 11.3. The summed E-state index contributed by atoms with van der Waals surface area (Å²) >= 11 is 0. The van der Waals surface area contributed by atoms with E-state index in [0.29, 0.717) is 5.56 Å². The van der Waals surface area contributed by atoms with Gasteiger partial charge >= 0.3 is 0 Å². The van der Waals surface area contributed by atoms with Crippen LogP contribution in [0.25, 0.3) is 10.9 Å². The molecule has 1 amide bonds. The first-order chi connectivity index (χ1) is 9.63. The van der Waals surface area contributed by atoms with Crippen molar-refractivity contribution in [1.29, 1.82) is 0 Å². The highest BCUT2D eigenvalue weighted by Crippen LogP contribution is 2.14. The van der Waals surface area contributed by atoms with Crippen LogP contribution in [0.2, 0.25) is 0 Å². The van der Waals surface area contributed by atoms with Crippen molar-refractivity contribution in [2.75, 3.05) is 13.7 Å². The molecule has 6 nitrogen and oxygen atoms in total. The van der Waals surface area contributed by atoms with Gasteiger partial charge in [-0.15, -0.1) is 0 Å². The Labute approximate surface area is 115 Å². The number of nitrogens with zero attached hydrogens (tertiary/aromatic N) is 2. The number of para-hydroxylation sites is 1. The number of benzene rings is 1. The van der Waals surface area contributed by atoms with Gasteiger partial charge in [-0.2, -0.15) is 5.10 Å². The Morgan fingerprint density at radius 3 is 2.95 bits per heavy atom. The standard InChI is InChI=1S/C14H15N3O3/c1-17-12-6-4-3-5-11(12)10(7-14(17)19)8-15-16-13(18)9-20-2/h3-8H,9H2,1-2H3,(H,16,18)/b15-8-. The van der Waals surface area contributed by atoms with E-state index < -0.39 is 0 Å². The summed E-state index contributed by atoms with van der Waals surface area (Å²) in [5.41, 5.74) is 3.66. The second-order valence-electron chi connectivity index (χ2n) is 4.24. The molecule has 0 aliphatic carbocycles. The highest BCUT2D eigenvalue weighted by Gasteiger charge is 2.04. The Hall–Kier alpha value is -2.47. The minimum Gasteiger partial charge on any atom is -0.375 e. The quantitative estimate of drug-likeness (QED) is 0.656. The number of nitrogens with one attached hydrogen (secondary N) is 1. The monoisotopic (exact) mass is 273 g/mol. The maximum Gasteiger partial charge on any atom is 0.266 e. The van der Waals surface area contributed by atoms with Crippen molar-refractivity contribution in [3.8, 4) is 0 Å². The molecule has 1 aromatic heterocycles. The SMILES string of the molecule is COCC(=O)N/N=C\c1cc(=O)n(C)c2ccccc12. The molecule has 0 bridgehead atoms. The first-order valence-corrected chi connectivity index (χ1v) is 6.03. The van der Waals surface area contributed by atoms with Crippen LogP contribution in [0.4, 0.5) is 0 Å². The number of carbonyl (C=O) groups excluding carboxylic acids is 1. The molecule has 0 aliphatic rings. The van der Waals surface area contributed by atoms with E-state index in [4.69, 9.17) is 0 Å². The van der Waals surface area contributed by atoms with Gasteiger partial charge in [0, 0.05) is 31.2 Å². The Balaban J connectivity index is 2.35. The Morgan fingerprint density at radius 1 is 1.45 bits per heavy atom. The number of amides is 1. The number of ether oxygens (including phenoxy) is 1. The molecule has 20 heavy (non-hydrogen) atoms. The number of aryl methyl sites for hydroxylation is 1. The van der Waals surface area contributed by atoms with E-state index in [1.165, 1.54) is 19.4 Å². The van der Waals surface area contributed by atoms with E-state index in [1.807, 2.05) is 24.3 Å². The Morgan fingerprint density at radius 2 is 2.20 bits per heavy atom. The first-order valence-electron chi connectivity index (χ1n) is 6.03. The molecule has 2 rings (SSSR count). The van der Waals surface area contributed by atoms with Gasteiger partial charge in [0.2, 0.25) is 0 Å². The lowest BCUT2D eigenvalue weighted by molar-refractivity contribution is -0.124. The van der Waals surface area contributed by atoms with Crippen LogP contribution >= 0.6 is 0 Å². The van der Waals surface area contributed by atoms with Gasteiger partial charge < -0.3 is 9.30 Å². The molecule has 2 aromatic rings.